The Labute approximate surface area is 353 Å². The van der Waals surface area contributed by atoms with Crippen molar-refractivity contribution in [2.75, 3.05) is 39.3 Å². The molecular weight excluding hydrogens is 795 g/mol. The molecule has 0 saturated carbocycles. The third-order valence-corrected chi connectivity index (χ3v) is 11.6. The Morgan fingerprint density at radius 3 is 1.79 bits per heavy atom. The number of hydrogen-bond acceptors (Lipinski definition) is 11. The fraction of sp³-hybridized carbons (Fsp3) is 0.684. The number of hydrogen-bond donors (Lipinski definition) is 10. The molecule has 4 fully saturated rings. The lowest BCUT2D eigenvalue weighted by Crippen LogP contribution is -2.59. The van der Waals surface area contributed by atoms with Crippen molar-refractivity contribution in [2.24, 2.45) is 32.9 Å². The van der Waals surface area contributed by atoms with E-state index >= 15 is 0 Å². The minimum Gasteiger partial charge on any atom is -0.480 e. The van der Waals surface area contributed by atoms with Crippen molar-refractivity contribution in [3.8, 4) is 0 Å². The second kappa shape index (κ2) is 22.0. The number of carboxylic acid groups (broad SMARTS) is 1. The van der Waals surface area contributed by atoms with E-state index in [0.717, 1.165) is 6.42 Å². The summed E-state index contributed by atoms with van der Waals surface area (Å²) in [4.78, 5) is 115. The van der Waals surface area contributed by atoms with Crippen molar-refractivity contribution < 1.29 is 38.7 Å². The van der Waals surface area contributed by atoms with Gasteiger partial charge in [-0.05, 0) is 83.6 Å². The fourth-order valence-electron chi connectivity index (χ4n) is 8.54. The van der Waals surface area contributed by atoms with Gasteiger partial charge in [0, 0.05) is 51.0 Å². The highest BCUT2D eigenvalue weighted by Crippen LogP contribution is 2.27. The molecule has 0 radical (unpaired) electrons. The molecule has 7 unspecified atom stereocenters. The Morgan fingerprint density at radius 1 is 0.705 bits per heavy atom. The molecule has 5 rings (SSSR count). The predicted molar refractivity (Wildman–Crippen MR) is 221 cm³/mol. The minimum absolute atomic E-state index is 0.00377. The largest absolute Gasteiger partial charge is 0.480 e. The summed E-state index contributed by atoms with van der Waals surface area (Å²) in [5.74, 6) is -4.32. The summed E-state index contributed by atoms with van der Waals surface area (Å²) in [6.45, 7) is 1.86. The van der Waals surface area contributed by atoms with Gasteiger partial charge in [-0.1, -0.05) is 0 Å². The number of nitrogens with one attached hydrogen (secondary N) is 5. The molecule has 1 aromatic heterocycles. The number of aliphatic carboxylic acids is 1. The maximum absolute atomic E-state index is 14.3. The van der Waals surface area contributed by atoms with E-state index in [9.17, 15) is 38.7 Å². The molecule has 5 heterocycles. The van der Waals surface area contributed by atoms with Crippen molar-refractivity contribution in [3.05, 3.63) is 18.2 Å². The summed E-state index contributed by atoms with van der Waals surface area (Å²) in [6, 6.07) is -6.56. The molecule has 6 amide bonds. The summed E-state index contributed by atoms with van der Waals surface area (Å²) in [5, 5.41) is 21.2. The zero-order chi connectivity index (χ0) is 44.1. The van der Waals surface area contributed by atoms with Crippen LogP contribution in [-0.4, -0.2) is 165 Å². The third kappa shape index (κ3) is 12.5. The van der Waals surface area contributed by atoms with Crippen LogP contribution < -0.4 is 44.2 Å². The Bertz CT molecular complexity index is 1780. The number of carbonyl (C=O) groups is 7. The molecule has 4 aliphatic heterocycles. The first-order valence-corrected chi connectivity index (χ1v) is 21.1. The van der Waals surface area contributed by atoms with Crippen molar-refractivity contribution in [1.82, 2.24) is 45.9 Å². The van der Waals surface area contributed by atoms with Crippen LogP contribution in [0.4, 0.5) is 0 Å². The van der Waals surface area contributed by atoms with Crippen LogP contribution in [0.15, 0.2) is 22.5 Å². The number of aliphatic imine (C=N–C) groups is 2. The van der Waals surface area contributed by atoms with E-state index in [0.29, 0.717) is 63.7 Å². The van der Waals surface area contributed by atoms with Gasteiger partial charge in [-0.15, -0.1) is 0 Å². The van der Waals surface area contributed by atoms with Crippen LogP contribution in [0.5, 0.6) is 0 Å². The number of aromatic amines is 1. The molecule has 4 saturated heterocycles. The molecule has 0 spiro atoms. The number of carboxylic acids is 1. The number of guanidine groups is 2. The predicted octanol–water partition coefficient (Wildman–Crippen LogP) is -3.68. The van der Waals surface area contributed by atoms with Gasteiger partial charge in [0.25, 0.3) is 0 Å². The number of likely N-dealkylation sites (tertiary alicyclic amines) is 3. The molecule has 23 heteroatoms. The van der Waals surface area contributed by atoms with E-state index in [1.807, 2.05) is 0 Å². The van der Waals surface area contributed by atoms with Gasteiger partial charge in [0.1, 0.15) is 36.3 Å². The van der Waals surface area contributed by atoms with Gasteiger partial charge >= 0.3 is 5.97 Å². The maximum Gasteiger partial charge on any atom is 0.326 e. The van der Waals surface area contributed by atoms with Gasteiger partial charge in [-0.2, -0.15) is 0 Å². The highest BCUT2D eigenvalue weighted by molar-refractivity contribution is 5.98. The topological polar surface area (TPSA) is 355 Å². The molecule has 336 valence electrons. The number of H-pyrrole nitrogens is 1. The first-order chi connectivity index (χ1) is 29.2. The summed E-state index contributed by atoms with van der Waals surface area (Å²) in [5.41, 5.74) is 22.2. The fourth-order valence-corrected chi connectivity index (χ4v) is 8.54. The van der Waals surface area contributed by atoms with Crippen molar-refractivity contribution >= 4 is 53.3 Å². The molecule has 14 N–H and O–H groups in total. The van der Waals surface area contributed by atoms with Crippen LogP contribution in [0.2, 0.25) is 0 Å². The molecule has 0 aliphatic carbocycles. The van der Waals surface area contributed by atoms with Crippen LogP contribution in [0.3, 0.4) is 0 Å². The van der Waals surface area contributed by atoms with E-state index in [1.54, 1.807) is 0 Å². The van der Waals surface area contributed by atoms with Crippen LogP contribution in [-0.2, 0) is 40.0 Å². The molecule has 7 atom stereocenters. The number of aromatic nitrogens is 2. The Hall–Kier alpha value is -6.00. The monoisotopic (exact) mass is 855 g/mol. The van der Waals surface area contributed by atoms with E-state index in [-0.39, 0.29) is 76.1 Å². The maximum atomic E-state index is 14.3. The van der Waals surface area contributed by atoms with Gasteiger partial charge in [-0.25, -0.2) is 9.78 Å². The number of nitrogens with two attached hydrogens (primary N) is 4. The summed E-state index contributed by atoms with van der Waals surface area (Å²) in [7, 11) is 0. The quantitative estimate of drug-likeness (QED) is 0.0343. The SMILES string of the molecule is NC(N)=NCCCC(NC(=O)C1CCCN1C(=O)C(Cc1cnc[nH]1)NC(=O)C1CCCN1C(=O)C1CCCN1C(=O)C(CCCN=C(N)N)NC(=O)C1CCCN1)C(=O)O. The molecule has 1 aromatic rings. The smallest absolute Gasteiger partial charge is 0.326 e. The van der Waals surface area contributed by atoms with Crippen molar-refractivity contribution in [1.29, 1.82) is 0 Å². The zero-order valence-electron chi connectivity index (χ0n) is 34.4. The Kier molecular flexibility index (Phi) is 16.6. The number of nitrogens with zero attached hydrogens (tertiary/aromatic N) is 6. The second-order valence-corrected chi connectivity index (χ2v) is 15.9. The number of carbonyl (C=O) groups excluding carboxylic acids is 6. The minimum atomic E-state index is -1.25. The molecule has 0 bridgehead atoms. The lowest BCUT2D eigenvalue weighted by molar-refractivity contribution is -0.148. The van der Waals surface area contributed by atoms with Gasteiger partial charge < -0.3 is 69.0 Å². The van der Waals surface area contributed by atoms with Crippen LogP contribution in [0, 0.1) is 0 Å². The summed E-state index contributed by atoms with van der Waals surface area (Å²) in [6.07, 6.45) is 7.88. The lowest BCUT2D eigenvalue weighted by Gasteiger charge is -2.34. The summed E-state index contributed by atoms with van der Waals surface area (Å²) >= 11 is 0. The van der Waals surface area contributed by atoms with Gasteiger partial charge in [0.2, 0.25) is 35.4 Å². The molecule has 61 heavy (non-hydrogen) atoms. The number of amides is 6. The molecule has 0 aromatic carbocycles. The standard InChI is InChI=1S/C38H61N15O8/c39-37(40)45-14-2-8-24(48-30(54)23-7-1-13-44-23)33(57)53-18-6-12-29(53)35(59)52-17-5-11-28(52)32(56)50-26(19-22-20-43-21-47-22)34(58)51-16-4-10-27(51)31(55)49-25(36(60)61)9-3-15-46-38(41)42/h20-21,23-29,44H,1-19H2,(H,43,47)(H,48,54)(H,49,55)(H,50,56)(H,60,61)(H4,39,40,45)(H4,41,42,46). The van der Waals surface area contributed by atoms with Crippen LogP contribution in [0.1, 0.15) is 82.7 Å². The average molecular weight is 856 g/mol. The normalized spacial score (nSPS) is 22.5. The van der Waals surface area contributed by atoms with E-state index < -0.39 is 77.8 Å². The van der Waals surface area contributed by atoms with Crippen LogP contribution in [0.25, 0.3) is 0 Å². The third-order valence-electron chi connectivity index (χ3n) is 11.6. The lowest BCUT2D eigenvalue weighted by atomic mass is 10.1. The Morgan fingerprint density at radius 2 is 1.23 bits per heavy atom. The van der Waals surface area contributed by atoms with E-state index in [1.165, 1.54) is 27.2 Å². The van der Waals surface area contributed by atoms with E-state index in [4.69, 9.17) is 22.9 Å². The highest BCUT2D eigenvalue weighted by Gasteiger charge is 2.45. The van der Waals surface area contributed by atoms with Gasteiger partial charge in [0.15, 0.2) is 11.9 Å². The second-order valence-electron chi connectivity index (χ2n) is 15.9. The average Bonchev–Trinajstić information content (AvgIpc) is 4.08. The highest BCUT2D eigenvalue weighted by atomic mass is 16.4. The number of imidazole rings is 1. The Balaban J connectivity index is 1.27. The first-order valence-electron chi connectivity index (χ1n) is 21.1. The van der Waals surface area contributed by atoms with Gasteiger partial charge in [0.05, 0.1) is 12.4 Å². The van der Waals surface area contributed by atoms with Crippen LogP contribution >= 0.6 is 0 Å². The zero-order valence-corrected chi connectivity index (χ0v) is 34.4. The van der Waals surface area contributed by atoms with Crippen molar-refractivity contribution in [3.63, 3.8) is 0 Å². The molecule has 4 aliphatic rings. The number of rotatable bonds is 20. The molecular formula is C38H61N15O8. The summed E-state index contributed by atoms with van der Waals surface area (Å²) < 4.78 is 0. The van der Waals surface area contributed by atoms with E-state index in [2.05, 4.69) is 41.2 Å². The van der Waals surface area contributed by atoms with Gasteiger partial charge in [-0.3, -0.25) is 38.8 Å². The molecule has 23 nitrogen and oxygen atoms in total. The first kappa shape index (κ1) is 46.1. The van der Waals surface area contributed by atoms with Crippen molar-refractivity contribution in [2.45, 2.75) is 126 Å².